The monoisotopic (exact) mass is 257 g/mol. The van der Waals surface area contributed by atoms with Crippen LogP contribution in [0.4, 0.5) is 0 Å². The molecule has 0 fully saturated rings. The molecular weight excluding hydrogens is 238 g/mol. The van der Waals surface area contributed by atoms with Gasteiger partial charge >= 0.3 is 0 Å². The molecular formula is C13H20ClNO2. The van der Waals surface area contributed by atoms with Gasteiger partial charge in [0.15, 0.2) is 0 Å². The first-order chi connectivity index (χ1) is 8.15. The molecule has 0 aromatic heterocycles. The number of rotatable bonds is 7. The van der Waals surface area contributed by atoms with E-state index in [2.05, 4.69) is 13.8 Å². The second-order valence-corrected chi connectivity index (χ2v) is 4.65. The van der Waals surface area contributed by atoms with Gasteiger partial charge in [0.1, 0.15) is 12.4 Å². The summed E-state index contributed by atoms with van der Waals surface area (Å²) in [6, 6.07) is 5.54. The molecule has 0 saturated carbocycles. The number of halogens is 1. The summed E-state index contributed by atoms with van der Waals surface area (Å²) in [5, 5.41) is 0.646. The molecule has 0 aliphatic rings. The maximum Gasteiger partial charge on any atom is 0.125 e. The Bertz CT molecular complexity index is 342. The number of benzene rings is 1. The normalized spacial score (nSPS) is 10.9. The molecule has 2 N–H and O–H groups in total. The molecule has 4 heteroatoms. The van der Waals surface area contributed by atoms with E-state index in [1.807, 2.05) is 18.2 Å². The minimum atomic E-state index is 0.377. The first-order valence-electron chi connectivity index (χ1n) is 5.83. The van der Waals surface area contributed by atoms with Crippen molar-refractivity contribution in [3.05, 3.63) is 28.8 Å². The van der Waals surface area contributed by atoms with Crippen molar-refractivity contribution < 1.29 is 9.47 Å². The topological polar surface area (TPSA) is 44.5 Å². The highest BCUT2D eigenvalue weighted by atomic mass is 35.5. The van der Waals surface area contributed by atoms with E-state index < -0.39 is 0 Å². The molecule has 96 valence electrons. The van der Waals surface area contributed by atoms with Crippen LogP contribution >= 0.6 is 11.6 Å². The van der Waals surface area contributed by atoms with Crippen LogP contribution in [0, 0.1) is 5.92 Å². The fraction of sp³-hybridized carbons (Fsp3) is 0.538. The Morgan fingerprint density at radius 3 is 2.71 bits per heavy atom. The quantitative estimate of drug-likeness (QED) is 0.764. The Balaban J connectivity index is 2.39. The lowest BCUT2D eigenvalue weighted by Crippen LogP contribution is -2.11. The molecule has 1 rings (SSSR count). The molecule has 0 radical (unpaired) electrons. The summed E-state index contributed by atoms with van der Waals surface area (Å²) in [6.45, 7) is 6.45. The van der Waals surface area contributed by atoms with Crippen LogP contribution in [0.3, 0.4) is 0 Å². The zero-order valence-electron chi connectivity index (χ0n) is 10.4. The summed E-state index contributed by atoms with van der Waals surface area (Å²) in [7, 11) is 0. The number of hydrogen-bond donors (Lipinski definition) is 1. The smallest absolute Gasteiger partial charge is 0.125 e. The van der Waals surface area contributed by atoms with Crippen molar-refractivity contribution in [1.29, 1.82) is 0 Å². The van der Waals surface area contributed by atoms with Gasteiger partial charge in [0.2, 0.25) is 0 Å². The number of ether oxygens (including phenoxy) is 2. The second kappa shape index (κ2) is 7.54. The molecule has 0 saturated heterocycles. The zero-order valence-corrected chi connectivity index (χ0v) is 11.2. The first kappa shape index (κ1) is 14.3. The third kappa shape index (κ3) is 4.94. The predicted octanol–water partition coefficient (Wildman–Crippen LogP) is 2.85. The lowest BCUT2D eigenvalue weighted by Gasteiger charge is -2.12. The Morgan fingerprint density at radius 1 is 1.29 bits per heavy atom. The third-order valence-corrected chi connectivity index (χ3v) is 2.57. The molecule has 17 heavy (non-hydrogen) atoms. The summed E-state index contributed by atoms with van der Waals surface area (Å²) >= 11 is 6.02. The summed E-state index contributed by atoms with van der Waals surface area (Å²) in [6.07, 6.45) is 0. The van der Waals surface area contributed by atoms with Crippen molar-refractivity contribution in [3.63, 3.8) is 0 Å². The zero-order chi connectivity index (χ0) is 12.7. The van der Waals surface area contributed by atoms with Gasteiger partial charge < -0.3 is 15.2 Å². The van der Waals surface area contributed by atoms with Crippen molar-refractivity contribution in [3.8, 4) is 5.75 Å². The van der Waals surface area contributed by atoms with Crippen molar-refractivity contribution in [2.75, 3.05) is 19.8 Å². The highest BCUT2D eigenvalue weighted by Crippen LogP contribution is 2.25. The molecule has 0 spiro atoms. The molecule has 0 bridgehead atoms. The summed E-state index contributed by atoms with van der Waals surface area (Å²) in [4.78, 5) is 0. The predicted molar refractivity (Wildman–Crippen MR) is 70.5 cm³/mol. The van der Waals surface area contributed by atoms with Crippen LogP contribution in [0.25, 0.3) is 0 Å². The van der Waals surface area contributed by atoms with E-state index in [1.54, 1.807) is 0 Å². The molecule has 1 aromatic carbocycles. The van der Waals surface area contributed by atoms with Crippen molar-refractivity contribution >= 4 is 11.6 Å². The molecule has 0 heterocycles. The second-order valence-electron chi connectivity index (χ2n) is 4.24. The first-order valence-corrected chi connectivity index (χ1v) is 6.21. The van der Waals surface area contributed by atoms with E-state index in [0.29, 0.717) is 30.7 Å². The van der Waals surface area contributed by atoms with Crippen LogP contribution in [0.1, 0.15) is 19.4 Å². The van der Waals surface area contributed by atoms with Gasteiger partial charge in [-0.15, -0.1) is 0 Å². The van der Waals surface area contributed by atoms with Crippen molar-refractivity contribution in [1.82, 2.24) is 0 Å². The van der Waals surface area contributed by atoms with Crippen LogP contribution in [-0.4, -0.2) is 19.8 Å². The average Bonchev–Trinajstić information content (AvgIpc) is 2.28. The van der Waals surface area contributed by atoms with Crippen molar-refractivity contribution in [2.45, 2.75) is 20.4 Å². The fourth-order valence-corrected chi connectivity index (χ4v) is 1.64. The molecule has 3 nitrogen and oxygen atoms in total. The van der Waals surface area contributed by atoms with E-state index in [-0.39, 0.29) is 0 Å². The van der Waals surface area contributed by atoms with E-state index in [1.165, 1.54) is 0 Å². The third-order valence-electron chi connectivity index (χ3n) is 2.22. The largest absolute Gasteiger partial charge is 0.491 e. The van der Waals surface area contributed by atoms with Gasteiger partial charge in [0.05, 0.1) is 6.61 Å². The Hall–Kier alpha value is -0.770. The van der Waals surface area contributed by atoms with Crippen LogP contribution < -0.4 is 10.5 Å². The minimum Gasteiger partial charge on any atom is -0.491 e. The summed E-state index contributed by atoms with van der Waals surface area (Å²) in [5.74, 6) is 1.29. The van der Waals surface area contributed by atoms with Crippen LogP contribution in [0.2, 0.25) is 5.02 Å². The lowest BCUT2D eigenvalue weighted by molar-refractivity contribution is 0.0816. The SMILES string of the molecule is CC(C)COCCOc1cccc(Cl)c1CN. The van der Waals surface area contributed by atoms with E-state index in [4.69, 9.17) is 26.8 Å². The van der Waals surface area contributed by atoms with Gasteiger partial charge in [-0.05, 0) is 18.1 Å². The lowest BCUT2D eigenvalue weighted by atomic mass is 10.2. The van der Waals surface area contributed by atoms with E-state index >= 15 is 0 Å². The number of hydrogen-bond acceptors (Lipinski definition) is 3. The summed E-state index contributed by atoms with van der Waals surface area (Å²) < 4.78 is 11.0. The van der Waals surface area contributed by atoms with Gasteiger partial charge in [-0.25, -0.2) is 0 Å². The molecule has 0 atom stereocenters. The van der Waals surface area contributed by atoms with Gasteiger partial charge in [0, 0.05) is 23.7 Å². The summed E-state index contributed by atoms with van der Waals surface area (Å²) in [5.41, 5.74) is 6.47. The number of nitrogens with two attached hydrogens (primary N) is 1. The Morgan fingerprint density at radius 2 is 2.06 bits per heavy atom. The Kier molecular flexibility index (Phi) is 6.34. The van der Waals surface area contributed by atoms with Crippen LogP contribution in [0.5, 0.6) is 5.75 Å². The molecule has 0 amide bonds. The Labute approximate surface area is 108 Å². The maximum atomic E-state index is 6.02. The molecule has 0 unspecified atom stereocenters. The highest BCUT2D eigenvalue weighted by Gasteiger charge is 2.06. The fourth-order valence-electron chi connectivity index (χ4n) is 1.40. The molecule has 1 aromatic rings. The van der Waals surface area contributed by atoms with Gasteiger partial charge in [-0.2, -0.15) is 0 Å². The van der Waals surface area contributed by atoms with Gasteiger partial charge in [-0.3, -0.25) is 0 Å². The van der Waals surface area contributed by atoms with Crippen LogP contribution in [-0.2, 0) is 11.3 Å². The molecule has 0 aliphatic heterocycles. The average molecular weight is 258 g/mol. The van der Waals surface area contributed by atoms with Gasteiger partial charge in [0.25, 0.3) is 0 Å². The van der Waals surface area contributed by atoms with E-state index in [9.17, 15) is 0 Å². The highest BCUT2D eigenvalue weighted by molar-refractivity contribution is 6.31. The standard InChI is InChI=1S/C13H20ClNO2/c1-10(2)9-16-6-7-17-13-5-3-4-12(14)11(13)8-15/h3-5,10H,6-9,15H2,1-2H3. The minimum absolute atomic E-state index is 0.377. The van der Waals surface area contributed by atoms with E-state index in [0.717, 1.165) is 17.9 Å². The van der Waals surface area contributed by atoms with Crippen molar-refractivity contribution in [2.24, 2.45) is 11.7 Å². The van der Waals surface area contributed by atoms with Gasteiger partial charge in [-0.1, -0.05) is 31.5 Å². The molecule has 0 aliphatic carbocycles. The maximum absolute atomic E-state index is 6.02. The van der Waals surface area contributed by atoms with Crippen LogP contribution in [0.15, 0.2) is 18.2 Å².